The third kappa shape index (κ3) is 3.30. The van der Waals surface area contributed by atoms with Crippen molar-refractivity contribution in [2.75, 3.05) is 20.3 Å². The Hall–Kier alpha value is -0.910. The molecule has 92 valence electrons. The van der Waals surface area contributed by atoms with Crippen molar-refractivity contribution in [2.45, 2.75) is 32.9 Å². The first-order valence-electron chi connectivity index (χ1n) is 5.39. The molecule has 0 aliphatic heterocycles. The van der Waals surface area contributed by atoms with Crippen molar-refractivity contribution in [1.29, 1.82) is 0 Å². The van der Waals surface area contributed by atoms with Crippen molar-refractivity contribution in [3.8, 4) is 0 Å². The van der Waals surface area contributed by atoms with Crippen LogP contribution in [0.25, 0.3) is 0 Å². The SMILES string of the molecule is COC[C@@H](O)CN[C@@H](C)c1c(C)noc1C. The van der Waals surface area contributed by atoms with E-state index in [-0.39, 0.29) is 6.04 Å². The number of aryl methyl sites for hydroxylation is 2. The quantitative estimate of drug-likeness (QED) is 0.758. The molecule has 0 aliphatic carbocycles. The molecule has 5 nitrogen and oxygen atoms in total. The Labute approximate surface area is 95.8 Å². The molecule has 1 rings (SSSR count). The summed E-state index contributed by atoms with van der Waals surface area (Å²) in [6.07, 6.45) is -0.493. The maximum atomic E-state index is 9.51. The number of hydrogen-bond donors (Lipinski definition) is 2. The van der Waals surface area contributed by atoms with Gasteiger partial charge in [-0.3, -0.25) is 0 Å². The Morgan fingerprint density at radius 3 is 2.69 bits per heavy atom. The molecule has 0 bridgehead atoms. The molecule has 0 aromatic carbocycles. The maximum Gasteiger partial charge on any atom is 0.138 e. The fourth-order valence-electron chi connectivity index (χ4n) is 1.77. The van der Waals surface area contributed by atoms with Crippen LogP contribution in [0.2, 0.25) is 0 Å². The molecule has 1 aromatic rings. The van der Waals surface area contributed by atoms with Gasteiger partial charge in [-0.15, -0.1) is 0 Å². The molecule has 1 heterocycles. The van der Waals surface area contributed by atoms with E-state index in [2.05, 4.69) is 10.5 Å². The Bertz CT molecular complexity index is 306. The van der Waals surface area contributed by atoms with Crippen LogP contribution in [0.15, 0.2) is 4.52 Å². The van der Waals surface area contributed by atoms with Gasteiger partial charge in [0, 0.05) is 25.3 Å². The topological polar surface area (TPSA) is 67.5 Å². The van der Waals surface area contributed by atoms with Crippen molar-refractivity contribution in [2.24, 2.45) is 0 Å². The average molecular weight is 228 g/mol. The fraction of sp³-hybridized carbons (Fsp3) is 0.727. The summed E-state index contributed by atoms with van der Waals surface area (Å²) in [6.45, 7) is 6.64. The highest BCUT2D eigenvalue weighted by molar-refractivity contribution is 5.24. The first-order chi connectivity index (χ1) is 7.56. The number of rotatable bonds is 6. The van der Waals surface area contributed by atoms with Crippen LogP contribution in [0.1, 0.15) is 30.0 Å². The molecule has 0 fully saturated rings. The summed E-state index contributed by atoms with van der Waals surface area (Å²) in [5.74, 6) is 0.818. The molecule has 0 unspecified atom stereocenters. The molecule has 2 atom stereocenters. The Morgan fingerprint density at radius 2 is 2.19 bits per heavy atom. The lowest BCUT2D eigenvalue weighted by molar-refractivity contribution is 0.0630. The fourth-order valence-corrected chi connectivity index (χ4v) is 1.77. The predicted molar refractivity (Wildman–Crippen MR) is 60.3 cm³/mol. The van der Waals surface area contributed by atoms with E-state index in [0.29, 0.717) is 13.2 Å². The Morgan fingerprint density at radius 1 is 1.50 bits per heavy atom. The van der Waals surface area contributed by atoms with Gasteiger partial charge in [-0.25, -0.2) is 0 Å². The van der Waals surface area contributed by atoms with Crippen molar-refractivity contribution in [3.63, 3.8) is 0 Å². The average Bonchev–Trinajstić information content (AvgIpc) is 2.56. The van der Waals surface area contributed by atoms with Crippen molar-refractivity contribution in [1.82, 2.24) is 10.5 Å². The molecule has 0 saturated carbocycles. The summed E-state index contributed by atoms with van der Waals surface area (Å²) >= 11 is 0. The molecule has 0 aliphatic rings. The van der Waals surface area contributed by atoms with Crippen LogP contribution in [-0.4, -0.2) is 36.6 Å². The lowest BCUT2D eigenvalue weighted by Crippen LogP contribution is -2.32. The van der Waals surface area contributed by atoms with Gasteiger partial charge >= 0.3 is 0 Å². The molecular formula is C11H20N2O3. The Kier molecular flexibility index (Phi) is 4.92. The maximum absolute atomic E-state index is 9.51. The van der Waals surface area contributed by atoms with E-state index in [9.17, 15) is 5.11 Å². The number of nitrogens with one attached hydrogen (secondary N) is 1. The molecule has 5 heteroatoms. The van der Waals surface area contributed by atoms with Crippen LogP contribution in [-0.2, 0) is 4.74 Å². The van der Waals surface area contributed by atoms with Crippen molar-refractivity contribution in [3.05, 3.63) is 17.0 Å². The minimum Gasteiger partial charge on any atom is -0.389 e. The number of ether oxygens (including phenoxy) is 1. The monoisotopic (exact) mass is 228 g/mol. The van der Waals surface area contributed by atoms with Gasteiger partial charge in [-0.05, 0) is 20.8 Å². The zero-order chi connectivity index (χ0) is 12.1. The second kappa shape index (κ2) is 5.98. The van der Waals surface area contributed by atoms with Crippen LogP contribution in [0.3, 0.4) is 0 Å². The van der Waals surface area contributed by atoms with Gasteiger partial charge in [-0.1, -0.05) is 5.16 Å². The summed E-state index contributed by atoms with van der Waals surface area (Å²) < 4.78 is 9.95. The van der Waals surface area contributed by atoms with E-state index in [1.54, 1.807) is 7.11 Å². The van der Waals surface area contributed by atoms with Gasteiger partial charge in [0.1, 0.15) is 5.76 Å². The lowest BCUT2D eigenvalue weighted by Gasteiger charge is -2.16. The third-order valence-corrected chi connectivity index (χ3v) is 2.54. The highest BCUT2D eigenvalue weighted by Gasteiger charge is 2.16. The van der Waals surface area contributed by atoms with E-state index in [1.165, 1.54) is 0 Å². The van der Waals surface area contributed by atoms with E-state index < -0.39 is 6.10 Å². The predicted octanol–water partition coefficient (Wildman–Crippen LogP) is 0.949. The summed E-state index contributed by atoms with van der Waals surface area (Å²) in [7, 11) is 1.57. The van der Waals surface area contributed by atoms with Gasteiger partial charge in [-0.2, -0.15) is 0 Å². The smallest absolute Gasteiger partial charge is 0.138 e. The van der Waals surface area contributed by atoms with Crippen LogP contribution in [0, 0.1) is 13.8 Å². The van der Waals surface area contributed by atoms with Gasteiger partial charge in [0.15, 0.2) is 0 Å². The molecular weight excluding hydrogens is 208 g/mol. The number of nitrogens with zero attached hydrogens (tertiary/aromatic N) is 1. The van der Waals surface area contributed by atoms with Crippen molar-refractivity contribution >= 4 is 0 Å². The van der Waals surface area contributed by atoms with Crippen LogP contribution in [0.4, 0.5) is 0 Å². The van der Waals surface area contributed by atoms with Crippen LogP contribution < -0.4 is 5.32 Å². The zero-order valence-electron chi connectivity index (χ0n) is 10.3. The largest absolute Gasteiger partial charge is 0.389 e. The van der Waals surface area contributed by atoms with Crippen molar-refractivity contribution < 1.29 is 14.4 Å². The number of aromatic nitrogens is 1. The molecule has 2 N–H and O–H groups in total. The number of aliphatic hydroxyl groups excluding tert-OH is 1. The van der Waals surface area contributed by atoms with Gasteiger partial charge < -0.3 is 19.7 Å². The van der Waals surface area contributed by atoms with E-state index >= 15 is 0 Å². The van der Waals surface area contributed by atoms with Crippen LogP contribution >= 0.6 is 0 Å². The molecule has 0 spiro atoms. The standard InChI is InChI=1S/C11H20N2O3/c1-7(12-5-10(14)6-15-4)11-8(2)13-16-9(11)3/h7,10,12,14H,5-6H2,1-4H3/t7-,10-/m0/s1. The first-order valence-corrected chi connectivity index (χ1v) is 5.39. The molecule has 0 radical (unpaired) electrons. The minimum absolute atomic E-state index is 0.109. The molecule has 0 saturated heterocycles. The second-order valence-electron chi connectivity index (χ2n) is 3.98. The Balaban J connectivity index is 2.49. The van der Waals surface area contributed by atoms with Gasteiger partial charge in [0.2, 0.25) is 0 Å². The number of hydrogen-bond acceptors (Lipinski definition) is 5. The summed E-state index contributed by atoms with van der Waals surface area (Å²) in [5, 5.41) is 16.6. The first kappa shape index (κ1) is 13.2. The summed E-state index contributed by atoms with van der Waals surface area (Å²) in [5.41, 5.74) is 1.95. The number of aliphatic hydroxyl groups is 1. The lowest BCUT2D eigenvalue weighted by atomic mass is 10.1. The second-order valence-corrected chi connectivity index (χ2v) is 3.98. The van der Waals surface area contributed by atoms with Crippen LogP contribution in [0.5, 0.6) is 0 Å². The molecule has 16 heavy (non-hydrogen) atoms. The molecule has 1 aromatic heterocycles. The normalized spacial score (nSPS) is 15.1. The molecule has 0 amide bonds. The van der Waals surface area contributed by atoms with E-state index in [0.717, 1.165) is 17.0 Å². The highest BCUT2D eigenvalue weighted by Crippen LogP contribution is 2.20. The third-order valence-electron chi connectivity index (χ3n) is 2.54. The van der Waals surface area contributed by atoms with E-state index in [4.69, 9.17) is 9.26 Å². The van der Waals surface area contributed by atoms with Gasteiger partial charge in [0.25, 0.3) is 0 Å². The summed E-state index contributed by atoms with van der Waals surface area (Å²) in [4.78, 5) is 0. The minimum atomic E-state index is -0.493. The van der Waals surface area contributed by atoms with Gasteiger partial charge in [0.05, 0.1) is 18.4 Å². The van der Waals surface area contributed by atoms with E-state index in [1.807, 2.05) is 20.8 Å². The zero-order valence-corrected chi connectivity index (χ0v) is 10.3. The highest BCUT2D eigenvalue weighted by atomic mass is 16.5. The number of methoxy groups -OCH3 is 1. The summed E-state index contributed by atoms with van der Waals surface area (Å²) in [6, 6.07) is 0.109.